The zero-order valence-electron chi connectivity index (χ0n) is 10.0. The van der Waals surface area contributed by atoms with Crippen LogP contribution in [0.25, 0.3) is 0 Å². The first kappa shape index (κ1) is 11.9. The first-order valence-corrected chi connectivity index (χ1v) is 6.17. The molecule has 1 aliphatic heterocycles. The molecule has 4 nitrogen and oxygen atoms in total. The maximum absolute atomic E-state index is 5.44. The number of aliphatic imine (C=N–C) groups is 1. The van der Waals surface area contributed by atoms with Crippen LogP contribution in [-0.4, -0.2) is 32.1 Å². The van der Waals surface area contributed by atoms with E-state index in [-0.39, 0.29) is 0 Å². The normalized spacial score (nSPS) is 19.4. The van der Waals surface area contributed by atoms with Gasteiger partial charge in [0.05, 0.1) is 6.54 Å². The topological polar surface area (TPSA) is 62.4 Å². The average molecular weight is 232 g/mol. The van der Waals surface area contributed by atoms with E-state index >= 15 is 0 Å². The molecule has 0 saturated heterocycles. The minimum Gasteiger partial charge on any atom is -0.356 e. The van der Waals surface area contributed by atoms with Crippen LogP contribution < -0.4 is 16.4 Å². The van der Waals surface area contributed by atoms with Gasteiger partial charge in [0.15, 0.2) is 5.96 Å². The van der Waals surface area contributed by atoms with E-state index in [0.29, 0.717) is 12.5 Å². The fraction of sp³-hybridized carbons (Fsp3) is 0.462. The van der Waals surface area contributed by atoms with Gasteiger partial charge in [0.1, 0.15) is 0 Å². The summed E-state index contributed by atoms with van der Waals surface area (Å²) in [5, 5.41) is 6.58. The number of nitrogens with one attached hydrogen (secondary N) is 2. The van der Waals surface area contributed by atoms with E-state index in [2.05, 4.69) is 39.9 Å². The molecule has 1 heterocycles. The summed E-state index contributed by atoms with van der Waals surface area (Å²) in [6.07, 6.45) is 0.975. The van der Waals surface area contributed by atoms with Gasteiger partial charge >= 0.3 is 0 Å². The molecule has 17 heavy (non-hydrogen) atoms. The van der Waals surface area contributed by atoms with Crippen molar-refractivity contribution < 1.29 is 0 Å². The quantitative estimate of drug-likeness (QED) is 0.669. The monoisotopic (exact) mass is 232 g/mol. The van der Waals surface area contributed by atoms with Crippen molar-refractivity contribution in [3.05, 3.63) is 35.9 Å². The van der Waals surface area contributed by atoms with Crippen LogP contribution in [0, 0.1) is 0 Å². The van der Waals surface area contributed by atoms with Crippen molar-refractivity contribution in [2.24, 2.45) is 10.7 Å². The Morgan fingerprint density at radius 3 is 2.82 bits per heavy atom. The molecule has 92 valence electrons. The Balaban J connectivity index is 1.84. The molecule has 1 aromatic carbocycles. The van der Waals surface area contributed by atoms with Crippen molar-refractivity contribution in [3.8, 4) is 0 Å². The molecule has 0 radical (unpaired) electrons. The van der Waals surface area contributed by atoms with E-state index in [1.807, 2.05) is 6.07 Å². The Labute approximate surface area is 102 Å². The van der Waals surface area contributed by atoms with Crippen LogP contribution in [0.2, 0.25) is 0 Å². The van der Waals surface area contributed by atoms with Gasteiger partial charge in [0.25, 0.3) is 0 Å². The van der Waals surface area contributed by atoms with Crippen molar-refractivity contribution in [2.75, 3.05) is 26.2 Å². The molecule has 0 spiro atoms. The summed E-state index contributed by atoms with van der Waals surface area (Å²) in [4.78, 5) is 4.51. The number of hydrogen-bond acceptors (Lipinski definition) is 4. The molecule has 1 atom stereocenters. The Bertz CT molecular complexity index is 361. The van der Waals surface area contributed by atoms with Crippen LogP contribution in [-0.2, 0) is 0 Å². The van der Waals surface area contributed by atoms with Crippen molar-refractivity contribution in [1.82, 2.24) is 10.6 Å². The van der Waals surface area contributed by atoms with Crippen LogP contribution in [0.5, 0.6) is 0 Å². The smallest absolute Gasteiger partial charge is 0.191 e. The second-order valence-electron chi connectivity index (χ2n) is 4.25. The van der Waals surface area contributed by atoms with Crippen LogP contribution in [0.3, 0.4) is 0 Å². The van der Waals surface area contributed by atoms with E-state index < -0.39 is 0 Å². The summed E-state index contributed by atoms with van der Waals surface area (Å²) in [6, 6.07) is 10.5. The molecule has 0 bridgehead atoms. The Morgan fingerprint density at radius 2 is 2.18 bits per heavy atom. The molecule has 4 heteroatoms. The molecule has 0 aliphatic carbocycles. The van der Waals surface area contributed by atoms with Gasteiger partial charge in [-0.15, -0.1) is 0 Å². The number of rotatable bonds is 4. The van der Waals surface area contributed by atoms with Crippen LogP contribution in [0.4, 0.5) is 0 Å². The summed E-state index contributed by atoms with van der Waals surface area (Å²) in [5.41, 5.74) is 6.79. The lowest BCUT2D eigenvalue weighted by Gasteiger charge is -2.23. The minimum absolute atomic E-state index is 0.483. The molecule has 0 aromatic heterocycles. The second-order valence-corrected chi connectivity index (χ2v) is 4.25. The van der Waals surface area contributed by atoms with Crippen molar-refractivity contribution in [2.45, 2.75) is 12.3 Å². The Morgan fingerprint density at radius 1 is 1.35 bits per heavy atom. The number of hydrogen-bond donors (Lipinski definition) is 3. The predicted octanol–water partition coefficient (Wildman–Crippen LogP) is 0.668. The maximum atomic E-state index is 5.44. The molecule has 4 N–H and O–H groups in total. The Hall–Kier alpha value is -1.55. The highest BCUT2D eigenvalue weighted by Gasteiger charge is 2.15. The lowest BCUT2D eigenvalue weighted by Crippen LogP contribution is -2.44. The molecular formula is C13H20N4. The van der Waals surface area contributed by atoms with Crippen molar-refractivity contribution in [1.29, 1.82) is 0 Å². The number of guanidine groups is 1. The molecular weight excluding hydrogens is 212 g/mol. The molecule has 2 rings (SSSR count). The van der Waals surface area contributed by atoms with Crippen LogP contribution >= 0.6 is 0 Å². The van der Waals surface area contributed by atoms with E-state index in [1.165, 1.54) is 5.56 Å². The molecule has 0 amide bonds. The third-order valence-electron chi connectivity index (χ3n) is 2.93. The van der Waals surface area contributed by atoms with Gasteiger partial charge in [-0.05, 0) is 18.5 Å². The second kappa shape index (κ2) is 6.25. The largest absolute Gasteiger partial charge is 0.356 e. The molecule has 0 fully saturated rings. The zero-order valence-corrected chi connectivity index (χ0v) is 10.0. The molecule has 1 aliphatic rings. The van der Waals surface area contributed by atoms with Crippen LogP contribution in [0.1, 0.15) is 17.9 Å². The minimum atomic E-state index is 0.483. The highest BCUT2D eigenvalue weighted by molar-refractivity contribution is 5.80. The van der Waals surface area contributed by atoms with Gasteiger partial charge in [-0.2, -0.15) is 0 Å². The van der Waals surface area contributed by atoms with E-state index in [1.54, 1.807) is 0 Å². The summed E-state index contributed by atoms with van der Waals surface area (Å²) in [6.45, 7) is 3.39. The number of benzene rings is 1. The van der Waals surface area contributed by atoms with Gasteiger partial charge in [-0.3, -0.25) is 4.99 Å². The SMILES string of the molecule is NCCCNC1=NC[C@H](c2ccccc2)CN1. The fourth-order valence-corrected chi connectivity index (χ4v) is 1.92. The summed E-state index contributed by atoms with van der Waals surface area (Å²) in [7, 11) is 0. The van der Waals surface area contributed by atoms with E-state index in [0.717, 1.165) is 32.0 Å². The maximum Gasteiger partial charge on any atom is 0.191 e. The standard InChI is InChI=1S/C13H20N4/c14-7-4-8-15-13-16-9-12(10-17-13)11-5-2-1-3-6-11/h1-3,5-6,12H,4,7-10,14H2,(H2,15,16,17). The summed E-state index contributed by atoms with van der Waals surface area (Å²) < 4.78 is 0. The Kier molecular flexibility index (Phi) is 4.38. The molecule has 1 aromatic rings. The zero-order chi connectivity index (χ0) is 11.9. The summed E-state index contributed by atoms with van der Waals surface area (Å²) >= 11 is 0. The van der Waals surface area contributed by atoms with E-state index in [9.17, 15) is 0 Å². The van der Waals surface area contributed by atoms with Crippen molar-refractivity contribution in [3.63, 3.8) is 0 Å². The highest BCUT2D eigenvalue weighted by Crippen LogP contribution is 2.16. The fourth-order valence-electron chi connectivity index (χ4n) is 1.92. The summed E-state index contributed by atoms with van der Waals surface area (Å²) in [5.74, 6) is 1.39. The van der Waals surface area contributed by atoms with Crippen molar-refractivity contribution >= 4 is 5.96 Å². The molecule has 0 unspecified atom stereocenters. The lowest BCUT2D eigenvalue weighted by molar-refractivity contribution is 0.616. The van der Waals surface area contributed by atoms with Gasteiger partial charge in [0.2, 0.25) is 0 Å². The third kappa shape index (κ3) is 3.46. The lowest BCUT2D eigenvalue weighted by atomic mass is 9.98. The van der Waals surface area contributed by atoms with Crippen LogP contribution in [0.15, 0.2) is 35.3 Å². The first-order chi connectivity index (χ1) is 8.40. The van der Waals surface area contributed by atoms with Gasteiger partial charge in [0, 0.05) is 19.0 Å². The van der Waals surface area contributed by atoms with E-state index in [4.69, 9.17) is 5.73 Å². The number of nitrogens with zero attached hydrogens (tertiary/aromatic N) is 1. The number of nitrogens with two attached hydrogens (primary N) is 1. The average Bonchev–Trinajstić information content (AvgIpc) is 2.41. The highest BCUT2D eigenvalue weighted by atomic mass is 15.2. The third-order valence-corrected chi connectivity index (χ3v) is 2.93. The first-order valence-electron chi connectivity index (χ1n) is 6.17. The van der Waals surface area contributed by atoms with Gasteiger partial charge < -0.3 is 16.4 Å². The predicted molar refractivity (Wildman–Crippen MR) is 71.2 cm³/mol. The van der Waals surface area contributed by atoms with Gasteiger partial charge in [-0.25, -0.2) is 0 Å². The van der Waals surface area contributed by atoms with Gasteiger partial charge in [-0.1, -0.05) is 30.3 Å². The molecule has 0 saturated carbocycles.